The fourth-order valence-electron chi connectivity index (χ4n) is 3.79. The van der Waals surface area contributed by atoms with E-state index in [1.54, 1.807) is 0 Å². The summed E-state index contributed by atoms with van der Waals surface area (Å²) in [6, 6.07) is 20.3. The van der Waals surface area contributed by atoms with E-state index in [1.807, 2.05) is 61.2 Å². The van der Waals surface area contributed by atoms with Crippen LogP contribution in [0.25, 0.3) is 0 Å². The Bertz CT molecular complexity index is 1090. The Balaban J connectivity index is 1.69. The topological polar surface area (TPSA) is 57.0 Å². The van der Waals surface area contributed by atoms with Crippen LogP contribution in [-0.4, -0.2) is 16.6 Å². The first-order chi connectivity index (χ1) is 14.1. The van der Waals surface area contributed by atoms with Crippen LogP contribution < -0.4 is 4.90 Å². The second kappa shape index (κ2) is 8.10. The zero-order valence-electron chi connectivity index (χ0n) is 16.5. The molecule has 144 valence electrons. The maximum Gasteiger partial charge on any atom is 0.241 e. The molecule has 0 fully saturated rings. The van der Waals surface area contributed by atoms with Crippen LogP contribution in [0.2, 0.25) is 0 Å². The van der Waals surface area contributed by atoms with Crippen LogP contribution in [0.5, 0.6) is 0 Å². The summed E-state index contributed by atoms with van der Waals surface area (Å²) in [7, 11) is 0. The van der Waals surface area contributed by atoms with Gasteiger partial charge in [0, 0.05) is 5.69 Å². The molecule has 4 rings (SSSR count). The molecule has 0 bridgehead atoms. The zero-order chi connectivity index (χ0) is 20.4. The molecule has 0 unspecified atom stereocenters. The number of fused-ring (bicyclic) bond motifs is 2. The molecule has 1 aliphatic heterocycles. The second-order valence-corrected chi connectivity index (χ2v) is 8.11. The number of pyridine rings is 1. The number of para-hydroxylation sites is 2. The summed E-state index contributed by atoms with van der Waals surface area (Å²) in [5.74, 6) is 0.203. The van der Waals surface area contributed by atoms with Crippen molar-refractivity contribution in [2.75, 3.05) is 10.7 Å². The number of nitrogens with zero attached hydrogens (tertiary/aromatic N) is 3. The number of benzene rings is 2. The van der Waals surface area contributed by atoms with E-state index in [0.717, 1.165) is 35.5 Å². The maximum atomic E-state index is 13.4. The van der Waals surface area contributed by atoms with Gasteiger partial charge >= 0.3 is 0 Å². The van der Waals surface area contributed by atoms with Crippen molar-refractivity contribution in [3.05, 3.63) is 82.5 Å². The molecule has 2 aromatic carbocycles. The minimum absolute atomic E-state index is 0.0124. The molecular formula is C24H21N3OS. The molecule has 4 nitrogen and oxygen atoms in total. The van der Waals surface area contributed by atoms with E-state index >= 15 is 0 Å². The van der Waals surface area contributed by atoms with Crippen molar-refractivity contribution < 1.29 is 4.79 Å². The highest BCUT2D eigenvalue weighted by Gasteiger charge is 2.26. The van der Waals surface area contributed by atoms with E-state index in [4.69, 9.17) is 0 Å². The summed E-state index contributed by atoms with van der Waals surface area (Å²) >= 11 is 1.33. The molecule has 1 aliphatic rings. The number of carbonyl (C=O) groups excluding carboxylic acids is 1. The highest BCUT2D eigenvalue weighted by molar-refractivity contribution is 8.00. The van der Waals surface area contributed by atoms with Gasteiger partial charge in [-0.05, 0) is 61.6 Å². The highest BCUT2D eigenvalue weighted by Crippen LogP contribution is 2.37. The van der Waals surface area contributed by atoms with E-state index in [1.165, 1.54) is 22.9 Å². The Hall–Kier alpha value is -3.10. The van der Waals surface area contributed by atoms with Gasteiger partial charge in [-0.1, -0.05) is 48.2 Å². The molecule has 1 amide bonds. The van der Waals surface area contributed by atoms with Crippen LogP contribution in [0, 0.1) is 25.2 Å². The van der Waals surface area contributed by atoms with Crippen LogP contribution in [0.1, 0.15) is 27.9 Å². The first kappa shape index (κ1) is 19.2. The van der Waals surface area contributed by atoms with Gasteiger partial charge in [0.05, 0.1) is 22.7 Å². The highest BCUT2D eigenvalue weighted by atomic mass is 32.2. The third kappa shape index (κ3) is 3.76. The number of rotatable bonds is 3. The summed E-state index contributed by atoms with van der Waals surface area (Å²) in [6.45, 7) is 3.81. The van der Waals surface area contributed by atoms with Gasteiger partial charge in [-0.25, -0.2) is 4.98 Å². The van der Waals surface area contributed by atoms with Crippen molar-refractivity contribution in [3.8, 4) is 6.07 Å². The van der Waals surface area contributed by atoms with Crippen LogP contribution in [0.3, 0.4) is 0 Å². The van der Waals surface area contributed by atoms with Crippen molar-refractivity contribution in [3.63, 3.8) is 0 Å². The van der Waals surface area contributed by atoms with Gasteiger partial charge in [0.2, 0.25) is 5.91 Å². The summed E-state index contributed by atoms with van der Waals surface area (Å²) in [5, 5.41) is 10.1. The Morgan fingerprint density at radius 1 is 1.07 bits per heavy atom. The number of hydrogen-bond donors (Lipinski definition) is 0. The number of aryl methyl sites for hydroxylation is 4. The number of thioether (sulfide) groups is 1. The average Bonchev–Trinajstić information content (AvgIpc) is 2.88. The minimum atomic E-state index is -0.0124. The van der Waals surface area contributed by atoms with E-state index < -0.39 is 0 Å². The number of carbonyl (C=O) groups is 1. The molecule has 29 heavy (non-hydrogen) atoms. The average molecular weight is 400 g/mol. The summed E-state index contributed by atoms with van der Waals surface area (Å²) in [6.07, 6.45) is 1.81. The third-order valence-corrected chi connectivity index (χ3v) is 6.09. The van der Waals surface area contributed by atoms with Gasteiger partial charge in [0.15, 0.2) is 0 Å². The molecule has 0 N–H and O–H groups in total. The van der Waals surface area contributed by atoms with Crippen molar-refractivity contribution in [1.29, 1.82) is 5.26 Å². The van der Waals surface area contributed by atoms with Gasteiger partial charge in [0.1, 0.15) is 11.1 Å². The second-order valence-electron chi connectivity index (χ2n) is 7.15. The van der Waals surface area contributed by atoms with E-state index in [2.05, 4.69) is 23.2 Å². The van der Waals surface area contributed by atoms with E-state index in [9.17, 15) is 10.1 Å². The molecule has 0 atom stereocenters. The first-order valence-electron chi connectivity index (χ1n) is 9.58. The molecule has 2 heterocycles. The lowest BCUT2D eigenvalue weighted by molar-refractivity contribution is -0.115. The lowest BCUT2D eigenvalue weighted by Gasteiger charge is -2.25. The number of hydrogen-bond acceptors (Lipinski definition) is 4. The predicted molar refractivity (Wildman–Crippen MR) is 117 cm³/mol. The largest absolute Gasteiger partial charge is 0.280 e. The summed E-state index contributed by atoms with van der Waals surface area (Å²) in [5.41, 5.74) is 6.51. The molecular weight excluding hydrogens is 378 g/mol. The minimum Gasteiger partial charge on any atom is -0.280 e. The molecule has 0 spiro atoms. The van der Waals surface area contributed by atoms with Crippen LogP contribution in [0.15, 0.2) is 59.6 Å². The number of amides is 1. The monoisotopic (exact) mass is 399 g/mol. The molecule has 1 aromatic heterocycles. The molecule has 0 aliphatic carbocycles. The third-order valence-electron chi connectivity index (χ3n) is 5.13. The summed E-state index contributed by atoms with van der Waals surface area (Å²) in [4.78, 5) is 19.7. The fraction of sp³-hybridized carbons (Fsp3) is 0.208. The fourth-order valence-corrected chi connectivity index (χ4v) is 4.73. The smallest absolute Gasteiger partial charge is 0.241 e. The van der Waals surface area contributed by atoms with Crippen LogP contribution in [0.4, 0.5) is 11.4 Å². The molecule has 5 heteroatoms. The normalized spacial score (nSPS) is 12.5. The zero-order valence-corrected chi connectivity index (χ0v) is 17.3. The molecule has 0 saturated carbocycles. The van der Waals surface area contributed by atoms with Gasteiger partial charge < -0.3 is 0 Å². The quantitative estimate of drug-likeness (QED) is 0.573. The molecule has 3 aromatic rings. The van der Waals surface area contributed by atoms with E-state index in [0.29, 0.717) is 10.6 Å². The SMILES string of the molecule is Cc1cc(C)c(C#N)c(SCC(=O)N2c3ccccc3CCc3ccccc32)n1. The van der Waals surface area contributed by atoms with Gasteiger partial charge in [-0.2, -0.15) is 5.26 Å². The standard InChI is InChI=1S/C24H21N3OS/c1-16-13-17(2)26-24(20(16)14-25)29-15-23(28)27-21-9-5-3-7-18(21)11-12-19-8-4-6-10-22(19)27/h3-10,13H,11-12,15H2,1-2H3. The van der Waals surface area contributed by atoms with Crippen molar-refractivity contribution in [2.45, 2.75) is 31.7 Å². The maximum absolute atomic E-state index is 13.4. The Labute approximate surface area is 175 Å². The predicted octanol–water partition coefficient (Wildman–Crippen LogP) is 5.13. The lowest BCUT2D eigenvalue weighted by Crippen LogP contribution is -2.28. The molecule has 0 saturated heterocycles. The van der Waals surface area contributed by atoms with Crippen molar-refractivity contribution in [1.82, 2.24) is 4.98 Å². The van der Waals surface area contributed by atoms with Gasteiger partial charge in [-0.15, -0.1) is 0 Å². The Kier molecular flexibility index (Phi) is 5.37. The van der Waals surface area contributed by atoms with Crippen LogP contribution >= 0.6 is 11.8 Å². The number of anilines is 2. The lowest BCUT2D eigenvalue weighted by atomic mass is 10.0. The Morgan fingerprint density at radius 2 is 1.66 bits per heavy atom. The van der Waals surface area contributed by atoms with Crippen molar-refractivity contribution in [2.24, 2.45) is 0 Å². The number of nitriles is 1. The first-order valence-corrected chi connectivity index (χ1v) is 10.6. The summed E-state index contributed by atoms with van der Waals surface area (Å²) < 4.78 is 0. The van der Waals surface area contributed by atoms with Crippen LogP contribution in [-0.2, 0) is 17.6 Å². The molecule has 0 radical (unpaired) electrons. The van der Waals surface area contributed by atoms with Crippen molar-refractivity contribution >= 4 is 29.0 Å². The number of aromatic nitrogens is 1. The van der Waals surface area contributed by atoms with E-state index in [-0.39, 0.29) is 11.7 Å². The van der Waals surface area contributed by atoms with Gasteiger partial charge in [0.25, 0.3) is 0 Å². The van der Waals surface area contributed by atoms with Gasteiger partial charge in [-0.3, -0.25) is 9.69 Å². The Morgan fingerprint density at radius 3 is 2.24 bits per heavy atom.